The number of rotatable bonds is 3. The van der Waals surface area contributed by atoms with E-state index < -0.39 is 0 Å². The molecular formula is C14H15BBrClN. The first-order chi connectivity index (χ1) is 8.47. The third-order valence-corrected chi connectivity index (χ3v) is 3.70. The lowest BCUT2D eigenvalue weighted by Crippen LogP contribution is -2.03. The maximum atomic E-state index is 6.19. The number of aryl methyl sites for hydroxylation is 1. The number of hydrogen-bond acceptors (Lipinski definition) is 1. The monoisotopic (exact) mass is 322 g/mol. The van der Waals surface area contributed by atoms with Gasteiger partial charge in [0.1, 0.15) is 0 Å². The van der Waals surface area contributed by atoms with Crippen LogP contribution in [0.5, 0.6) is 0 Å². The summed E-state index contributed by atoms with van der Waals surface area (Å²) in [7, 11) is 2.10. The second-order valence-corrected chi connectivity index (χ2v) is 6.23. The standard InChI is InChI=1S/C14H15BBrClN/c1-8(2)6-11-13(18-14(16)15-11)10-5-4-9(3)12(17)7-10/h4-5,7-8H,6H2,1-3H3. The molecule has 1 aliphatic heterocycles. The zero-order valence-corrected chi connectivity index (χ0v) is 13.1. The Bertz CT molecular complexity index is 535. The average Bonchev–Trinajstić information content (AvgIpc) is 2.62. The predicted octanol–water partition coefficient (Wildman–Crippen LogP) is 4.83. The van der Waals surface area contributed by atoms with Crippen LogP contribution in [0.25, 0.3) is 5.70 Å². The number of halogens is 2. The highest BCUT2D eigenvalue weighted by Crippen LogP contribution is 2.31. The van der Waals surface area contributed by atoms with Gasteiger partial charge in [-0.05, 0) is 46.8 Å². The maximum absolute atomic E-state index is 6.19. The molecule has 93 valence electrons. The Morgan fingerprint density at radius 2 is 2.11 bits per heavy atom. The molecule has 1 aliphatic rings. The molecule has 0 saturated heterocycles. The molecule has 1 nitrogen and oxygen atoms in total. The summed E-state index contributed by atoms with van der Waals surface area (Å²) in [5.41, 5.74) is 4.50. The zero-order valence-electron chi connectivity index (χ0n) is 10.8. The van der Waals surface area contributed by atoms with Gasteiger partial charge in [0.15, 0.2) is 0 Å². The van der Waals surface area contributed by atoms with E-state index in [4.69, 9.17) is 11.6 Å². The first-order valence-corrected chi connectivity index (χ1v) is 7.23. The molecule has 1 aromatic carbocycles. The fourth-order valence-corrected chi connectivity index (χ4v) is 2.64. The Morgan fingerprint density at radius 1 is 1.39 bits per heavy atom. The van der Waals surface area contributed by atoms with Crippen molar-refractivity contribution in [1.82, 2.24) is 0 Å². The SMILES string of the molecule is Cc1ccc(C2=C(CC(C)C)[B]C(Br)=N2)cc1Cl. The van der Waals surface area contributed by atoms with Crippen LogP contribution in [0.2, 0.25) is 5.02 Å². The summed E-state index contributed by atoms with van der Waals surface area (Å²) in [5.74, 6) is 0.612. The Hall–Kier alpha value is -0.535. The van der Waals surface area contributed by atoms with Crippen LogP contribution in [-0.4, -0.2) is 11.8 Å². The van der Waals surface area contributed by atoms with Gasteiger partial charge in [0.25, 0.3) is 0 Å². The fourth-order valence-electron chi connectivity index (χ4n) is 2.01. The second kappa shape index (κ2) is 5.62. The molecule has 0 unspecified atom stereocenters. The van der Waals surface area contributed by atoms with Crippen molar-refractivity contribution in [3.8, 4) is 0 Å². The molecule has 0 atom stereocenters. The average molecular weight is 323 g/mol. The highest BCUT2D eigenvalue weighted by molar-refractivity contribution is 9.19. The van der Waals surface area contributed by atoms with Crippen LogP contribution in [0.1, 0.15) is 31.4 Å². The summed E-state index contributed by atoms with van der Waals surface area (Å²) in [5, 5.41) is 0.794. The minimum Gasteiger partial charge on any atom is -0.257 e. The number of hydrogen-bond donors (Lipinski definition) is 0. The van der Waals surface area contributed by atoms with Crippen LogP contribution in [0.4, 0.5) is 0 Å². The van der Waals surface area contributed by atoms with Crippen molar-refractivity contribution in [3.63, 3.8) is 0 Å². The first-order valence-electron chi connectivity index (χ1n) is 6.06. The summed E-state index contributed by atoms with van der Waals surface area (Å²) < 4.78 is 0.893. The lowest BCUT2D eigenvalue weighted by atomic mass is 9.68. The molecule has 1 heterocycles. The molecule has 0 bridgehead atoms. The smallest absolute Gasteiger partial charge is 0.224 e. The molecule has 0 amide bonds. The minimum absolute atomic E-state index is 0.612. The molecule has 0 spiro atoms. The van der Waals surface area contributed by atoms with E-state index in [1.165, 1.54) is 5.47 Å². The van der Waals surface area contributed by atoms with Crippen molar-refractivity contribution < 1.29 is 0 Å². The van der Waals surface area contributed by atoms with Gasteiger partial charge in [-0.15, -0.1) is 0 Å². The van der Waals surface area contributed by atoms with Gasteiger partial charge in [-0.1, -0.05) is 43.1 Å². The molecule has 0 aliphatic carbocycles. The number of allylic oxidation sites excluding steroid dienone is 1. The predicted molar refractivity (Wildman–Crippen MR) is 84.7 cm³/mol. The van der Waals surface area contributed by atoms with E-state index in [9.17, 15) is 0 Å². The summed E-state index contributed by atoms with van der Waals surface area (Å²) in [6, 6.07) is 6.12. The largest absolute Gasteiger partial charge is 0.257 e. The van der Waals surface area contributed by atoms with Crippen molar-refractivity contribution >= 4 is 45.0 Å². The van der Waals surface area contributed by atoms with Gasteiger partial charge in [0, 0.05) is 15.1 Å². The molecule has 1 radical (unpaired) electrons. The second-order valence-electron chi connectivity index (χ2n) is 5.01. The topological polar surface area (TPSA) is 12.4 Å². The van der Waals surface area contributed by atoms with E-state index in [0.29, 0.717) is 5.92 Å². The molecule has 4 heteroatoms. The van der Waals surface area contributed by atoms with Crippen LogP contribution < -0.4 is 0 Å². The Labute approximate surface area is 123 Å². The number of benzene rings is 1. The van der Waals surface area contributed by atoms with Crippen molar-refractivity contribution in [2.75, 3.05) is 0 Å². The third kappa shape index (κ3) is 3.07. The third-order valence-electron chi connectivity index (χ3n) is 2.89. The molecule has 0 fully saturated rings. The van der Waals surface area contributed by atoms with Gasteiger partial charge in [-0.3, -0.25) is 4.99 Å². The van der Waals surface area contributed by atoms with Gasteiger partial charge in [0.2, 0.25) is 7.28 Å². The lowest BCUT2D eigenvalue weighted by Gasteiger charge is -2.09. The van der Waals surface area contributed by atoms with E-state index >= 15 is 0 Å². The van der Waals surface area contributed by atoms with Crippen molar-refractivity contribution in [3.05, 3.63) is 39.8 Å². The van der Waals surface area contributed by atoms with E-state index in [1.54, 1.807) is 0 Å². The quantitative estimate of drug-likeness (QED) is 0.706. The van der Waals surface area contributed by atoms with E-state index in [-0.39, 0.29) is 0 Å². The Kier molecular flexibility index (Phi) is 4.34. The van der Waals surface area contributed by atoms with Crippen molar-refractivity contribution in [2.24, 2.45) is 10.9 Å². The molecule has 0 aromatic heterocycles. The van der Waals surface area contributed by atoms with Crippen LogP contribution in [0, 0.1) is 12.8 Å². The first kappa shape index (κ1) is 13.9. The summed E-state index contributed by atoms with van der Waals surface area (Å²) in [6.45, 7) is 6.44. The van der Waals surface area contributed by atoms with Gasteiger partial charge < -0.3 is 0 Å². The molecular weight excluding hydrogens is 308 g/mol. The van der Waals surface area contributed by atoms with E-state index in [1.807, 2.05) is 19.1 Å². The number of nitrogens with zero attached hydrogens (tertiary/aromatic N) is 1. The highest BCUT2D eigenvalue weighted by Gasteiger charge is 2.20. The van der Waals surface area contributed by atoms with Gasteiger partial charge in [-0.2, -0.15) is 0 Å². The van der Waals surface area contributed by atoms with Gasteiger partial charge in [0.05, 0.1) is 5.70 Å². The van der Waals surface area contributed by atoms with Gasteiger partial charge in [-0.25, -0.2) is 0 Å². The van der Waals surface area contributed by atoms with E-state index in [2.05, 4.69) is 48.1 Å². The summed E-state index contributed by atoms with van der Waals surface area (Å²) >= 11 is 9.65. The zero-order chi connectivity index (χ0) is 13.3. The maximum Gasteiger partial charge on any atom is 0.224 e. The lowest BCUT2D eigenvalue weighted by molar-refractivity contribution is 0.657. The van der Waals surface area contributed by atoms with Crippen LogP contribution in [0.3, 0.4) is 0 Å². The molecule has 0 saturated carbocycles. The van der Waals surface area contributed by atoms with Crippen LogP contribution in [0.15, 0.2) is 28.7 Å². The van der Waals surface area contributed by atoms with Crippen LogP contribution in [-0.2, 0) is 0 Å². The van der Waals surface area contributed by atoms with Gasteiger partial charge >= 0.3 is 0 Å². The Balaban J connectivity index is 2.41. The highest BCUT2D eigenvalue weighted by atomic mass is 79.9. The van der Waals surface area contributed by atoms with E-state index in [0.717, 1.165) is 32.8 Å². The number of aliphatic imine (C=N–C) groups is 1. The van der Waals surface area contributed by atoms with Crippen LogP contribution >= 0.6 is 27.5 Å². The summed E-state index contributed by atoms with van der Waals surface area (Å²) in [4.78, 5) is 4.56. The molecule has 0 N–H and O–H groups in total. The van der Waals surface area contributed by atoms with Crippen molar-refractivity contribution in [2.45, 2.75) is 27.2 Å². The minimum atomic E-state index is 0.612. The normalized spacial score (nSPS) is 15.1. The summed E-state index contributed by atoms with van der Waals surface area (Å²) in [6.07, 6.45) is 1.03. The molecule has 1 aromatic rings. The van der Waals surface area contributed by atoms with Crippen molar-refractivity contribution in [1.29, 1.82) is 0 Å². The Morgan fingerprint density at radius 3 is 2.72 bits per heavy atom. The molecule has 2 rings (SSSR count). The molecule has 18 heavy (non-hydrogen) atoms. The fraction of sp³-hybridized carbons (Fsp3) is 0.357.